The SMILES string of the molecule is CCc1ccccc1OCC(=O)Nc1ccccc1CN. The molecular weight excluding hydrogens is 264 g/mol. The number of rotatable bonds is 6. The number of nitrogens with one attached hydrogen (secondary N) is 1. The molecule has 0 aliphatic carbocycles. The lowest BCUT2D eigenvalue weighted by molar-refractivity contribution is -0.118. The maximum atomic E-state index is 12.0. The lowest BCUT2D eigenvalue weighted by atomic mass is 10.1. The quantitative estimate of drug-likeness (QED) is 0.857. The summed E-state index contributed by atoms with van der Waals surface area (Å²) in [6.07, 6.45) is 0.869. The molecule has 0 fully saturated rings. The van der Waals surface area contributed by atoms with Gasteiger partial charge in [0.2, 0.25) is 0 Å². The second-order valence-corrected chi connectivity index (χ2v) is 4.66. The minimum Gasteiger partial charge on any atom is -0.483 e. The third-order valence-electron chi connectivity index (χ3n) is 3.22. The van der Waals surface area contributed by atoms with Gasteiger partial charge in [-0.05, 0) is 29.7 Å². The number of aryl methyl sites for hydroxylation is 1. The molecule has 0 saturated heterocycles. The number of carbonyl (C=O) groups excluding carboxylic acids is 1. The molecule has 0 aliphatic heterocycles. The van der Waals surface area contributed by atoms with Crippen LogP contribution >= 0.6 is 0 Å². The monoisotopic (exact) mass is 284 g/mol. The smallest absolute Gasteiger partial charge is 0.262 e. The van der Waals surface area contributed by atoms with Gasteiger partial charge in [0, 0.05) is 12.2 Å². The summed E-state index contributed by atoms with van der Waals surface area (Å²) in [6.45, 7) is 2.42. The first-order valence-corrected chi connectivity index (χ1v) is 7.03. The molecule has 1 amide bonds. The second kappa shape index (κ2) is 7.45. The Morgan fingerprint density at radius 2 is 1.76 bits per heavy atom. The van der Waals surface area contributed by atoms with Crippen LogP contribution < -0.4 is 15.8 Å². The first-order valence-electron chi connectivity index (χ1n) is 7.03. The molecule has 3 N–H and O–H groups in total. The number of anilines is 1. The molecule has 4 heteroatoms. The van der Waals surface area contributed by atoms with Crippen LogP contribution in [0.5, 0.6) is 5.75 Å². The summed E-state index contributed by atoms with van der Waals surface area (Å²) < 4.78 is 5.59. The van der Waals surface area contributed by atoms with Gasteiger partial charge in [0.1, 0.15) is 5.75 Å². The molecule has 0 aliphatic rings. The third kappa shape index (κ3) is 4.07. The van der Waals surface area contributed by atoms with Crippen LogP contribution in [-0.4, -0.2) is 12.5 Å². The molecule has 0 unspecified atom stereocenters. The number of nitrogens with two attached hydrogens (primary N) is 1. The van der Waals surface area contributed by atoms with E-state index in [1.54, 1.807) is 0 Å². The van der Waals surface area contributed by atoms with Gasteiger partial charge in [0.15, 0.2) is 6.61 Å². The summed E-state index contributed by atoms with van der Waals surface area (Å²) in [6, 6.07) is 15.2. The number of benzene rings is 2. The highest BCUT2D eigenvalue weighted by molar-refractivity contribution is 5.92. The van der Waals surface area contributed by atoms with E-state index in [4.69, 9.17) is 10.5 Å². The molecule has 0 bridgehead atoms. The van der Waals surface area contributed by atoms with Gasteiger partial charge in [-0.3, -0.25) is 4.79 Å². The lowest BCUT2D eigenvalue weighted by Crippen LogP contribution is -2.21. The zero-order chi connectivity index (χ0) is 15.1. The molecule has 21 heavy (non-hydrogen) atoms. The Labute approximate surface area is 124 Å². The standard InChI is InChI=1S/C17H20N2O2/c1-2-13-7-4-6-10-16(13)21-12-17(20)19-15-9-5-3-8-14(15)11-18/h3-10H,2,11-12,18H2,1H3,(H,19,20). The Morgan fingerprint density at radius 1 is 1.10 bits per heavy atom. The van der Waals surface area contributed by atoms with Crippen LogP contribution in [0, 0.1) is 0 Å². The summed E-state index contributed by atoms with van der Waals surface area (Å²) in [7, 11) is 0. The number of ether oxygens (including phenoxy) is 1. The topological polar surface area (TPSA) is 64.3 Å². The highest BCUT2D eigenvalue weighted by Gasteiger charge is 2.08. The van der Waals surface area contributed by atoms with Crippen molar-refractivity contribution < 1.29 is 9.53 Å². The van der Waals surface area contributed by atoms with Crippen LogP contribution in [0.3, 0.4) is 0 Å². The van der Waals surface area contributed by atoms with E-state index in [1.807, 2.05) is 48.5 Å². The van der Waals surface area contributed by atoms with Crippen LogP contribution in [0.1, 0.15) is 18.1 Å². The molecule has 2 rings (SSSR count). The molecule has 0 saturated carbocycles. The van der Waals surface area contributed by atoms with Crippen molar-refractivity contribution in [2.75, 3.05) is 11.9 Å². The van der Waals surface area contributed by atoms with Crippen LogP contribution in [0.4, 0.5) is 5.69 Å². The Balaban J connectivity index is 1.96. The maximum absolute atomic E-state index is 12.0. The number of para-hydroxylation sites is 2. The number of hydrogen-bond donors (Lipinski definition) is 2. The number of carbonyl (C=O) groups is 1. The van der Waals surface area contributed by atoms with Gasteiger partial charge in [0.05, 0.1) is 0 Å². The van der Waals surface area contributed by atoms with Crippen molar-refractivity contribution in [1.82, 2.24) is 0 Å². The van der Waals surface area contributed by atoms with Crippen molar-refractivity contribution in [2.45, 2.75) is 19.9 Å². The van der Waals surface area contributed by atoms with Crippen molar-refractivity contribution >= 4 is 11.6 Å². The molecule has 0 atom stereocenters. The predicted octanol–water partition coefficient (Wildman–Crippen LogP) is 2.73. The first-order chi connectivity index (χ1) is 10.2. The van der Waals surface area contributed by atoms with E-state index in [0.717, 1.165) is 29.0 Å². The molecular formula is C17H20N2O2. The van der Waals surface area contributed by atoms with Gasteiger partial charge in [-0.2, -0.15) is 0 Å². The van der Waals surface area contributed by atoms with Crippen molar-refractivity contribution in [1.29, 1.82) is 0 Å². The minimum absolute atomic E-state index is 0.0179. The number of amides is 1. The zero-order valence-corrected chi connectivity index (χ0v) is 12.1. The highest BCUT2D eigenvalue weighted by atomic mass is 16.5. The fourth-order valence-electron chi connectivity index (χ4n) is 2.09. The van der Waals surface area contributed by atoms with Crippen LogP contribution in [0.25, 0.3) is 0 Å². The van der Waals surface area contributed by atoms with E-state index < -0.39 is 0 Å². The van der Waals surface area contributed by atoms with Gasteiger partial charge in [-0.25, -0.2) is 0 Å². The van der Waals surface area contributed by atoms with Gasteiger partial charge in [-0.1, -0.05) is 43.3 Å². The predicted molar refractivity (Wildman–Crippen MR) is 84.3 cm³/mol. The molecule has 2 aromatic rings. The lowest BCUT2D eigenvalue weighted by Gasteiger charge is -2.12. The third-order valence-corrected chi connectivity index (χ3v) is 3.22. The van der Waals surface area contributed by atoms with E-state index in [-0.39, 0.29) is 12.5 Å². The molecule has 0 heterocycles. The second-order valence-electron chi connectivity index (χ2n) is 4.66. The van der Waals surface area contributed by atoms with Crippen LogP contribution in [0.2, 0.25) is 0 Å². The fourth-order valence-corrected chi connectivity index (χ4v) is 2.09. The molecule has 0 radical (unpaired) electrons. The first kappa shape index (κ1) is 15.1. The zero-order valence-electron chi connectivity index (χ0n) is 12.1. The summed E-state index contributed by atoms with van der Waals surface area (Å²) in [5, 5.41) is 2.83. The van der Waals surface area contributed by atoms with Gasteiger partial charge in [-0.15, -0.1) is 0 Å². The van der Waals surface area contributed by atoms with Crippen molar-refractivity contribution in [3.05, 3.63) is 59.7 Å². The Bertz CT molecular complexity index is 611. The van der Waals surface area contributed by atoms with E-state index in [1.165, 1.54) is 0 Å². The van der Waals surface area contributed by atoms with Crippen LogP contribution in [0.15, 0.2) is 48.5 Å². The summed E-state index contributed by atoms with van der Waals surface area (Å²) >= 11 is 0. The van der Waals surface area contributed by atoms with Crippen molar-refractivity contribution in [3.8, 4) is 5.75 Å². The van der Waals surface area contributed by atoms with Crippen molar-refractivity contribution in [3.63, 3.8) is 0 Å². The van der Waals surface area contributed by atoms with Gasteiger partial charge >= 0.3 is 0 Å². The average molecular weight is 284 g/mol. The molecule has 110 valence electrons. The molecule has 0 aromatic heterocycles. The largest absolute Gasteiger partial charge is 0.483 e. The van der Waals surface area contributed by atoms with Gasteiger partial charge < -0.3 is 15.8 Å². The number of hydrogen-bond acceptors (Lipinski definition) is 3. The van der Waals surface area contributed by atoms with E-state index in [0.29, 0.717) is 6.54 Å². The van der Waals surface area contributed by atoms with Crippen molar-refractivity contribution in [2.24, 2.45) is 5.73 Å². The fraction of sp³-hybridized carbons (Fsp3) is 0.235. The Morgan fingerprint density at radius 3 is 2.48 bits per heavy atom. The Hall–Kier alpha value is -2.33. The molecule has 0 spiro atoms. The Kier molecular flexibility index (Phi) is 5.35. The summed E-state index contributed by atoms with van der Waals surface area (Å²) in [5.41, 5.74) is 8.37. The summed E-state index contributed by atoms with van der Waals surface area (Å²) in [5.74, 6) is 0.559. The van der Waals surface area contributed by atoms with Gasteiger partial charge in [0.25, 0.3) is 5.91 Å². The normalized spacial score (nSPS) is 10.2. The van der Waals surface area contributed by atoms with E-state index in [9.17, 15) is 4.79 Å². The van der Waals surface area contributed by atoms with Crippen LogP contribution in [-0.2, 0) is 17.8 Å². The average Bonchev–Trinajstić information content (AvgIpc) is 2.53. The highest BCUT2D eigenvalue weighted by Crippen LogP contribution is 2.18. The maximum Gasteiger partial charge on any atom is 0.262 e. The molecule has 2 aromatic carbocycles. The summed E-state index contributed by atoms with van der Waals surface area (Å²) in [4.78, 5) is 12.0. The minimum atomic E-state index is -0.193. The van der Waals surface area contributed by atoms with E-state index in [2.05, 4.69) is 12.2 Å². The van der Waals surface area contributed by atoms with E-state index >= 15 is 0 Å². The molecule has 4 nitrogen and oxygen atoms in total.